The van der Waals surface area contributed by atoms with Crippen LogP contribution in [0.5, 0.6) is 0 Å². The number of amides is 2. The van der Waals surface area contributed by atoms with Crippen molar-refractivity contribution in [3.05, 3.63) is 34.3 Å². The van der Waals surface area contributed by atoms with Gasteiger partial charge in [-0.15, -0.1) is 0 Å². The zero-order valence-corrected chi connectivity index (χ0v) is 16.0. The first kappa shape index (κ1) is 20.7. The topological polar surface area (TPSA) is 119 Å². The number of aliphatic hydroxyl groups excluding tert-OH is 1. The third-order valence-electron chi connectivity index (χ3n) is 2.33. The average Bonchev–Trinajstić information content (AvgIpc) is 2.42. The number of nitrogens with one attached hydrogen (secondary N) is 2. The predicted octanol–water partition coefficient (Wildman–Crippen LogP) is -3.89. The van der Waals surface area contributed by atoms with E-state index in [9.17, 15) is 24.6 Å². The number of benzene rings is 1. The Morgan fingerprint density at radius 2 is 1.76 bits per heavy atom. The fraction of sp³-hybridized carbons (Fsp3) is 0.250. The summed E-state index contributed by atoms with van der Waals surface area (Å²) in [6, 6.07) is 6.40. The van der Waals surface area contributed by atoms with Crippen LogP contribution >= 0.6 is 15.9 Å². The van der Waals surface area contributed by atoms with Crippen molar-refractivity contribution >= 4 is 33.7 Å². The molecule has 2 amide bonds. The van der Waals surface area contributed by atoms with Gasteiger partial charge < -0.3 is 15.0 Å². The van der Waals surface area contributed by atoms with Gasteiger partial charge in [-0.1, -0.05) is 15.9 Å². The van der Waals surface area contributed by atoms with Crippen LogP contribution in [0.15, 0.2) is 28.7 Å². The van der Waals surface area contributed by atoms with Gasteiger partial charge in [-0.25, -0.2) is 0 Å². The van der Waals surface area contributed by atoms with Crippen LogP contribution < -0.4 is 67.3 Å². The quantitative estimate of drug-likeness (QED) is 0.355. The fourth-order valence-corrected chi connectivity index (χ4v) is 1.53. The van der Waals surface area contributed by atoms with Crippen LogP contribution in [0.1, 0.15) is 23.2 Å². The van der Waals surface area contributed by atoms with E-state index < -0.39 is 30.3 Å². The number of aliphatic hydroxyl groups is 1. The van der Waals surface area contributed by atoms with Crippen LogP contribution in [-0.4, -0.2) is 29.0 Å². The van der Waals surface area contributed by atoms with E-state index in [0.29, 0.717) is 5.56 Å². The predicted molar refractivity (Wildman–Crippen MR) is 70.0 cm³/mol. The van der Waals surface area contributed by atoms with Crippen molar-refractivity contribution in [1.82, 2.24) is 10.9 Å². The summed E-state index contributed by atoms with van der Waals surface area (Å²) in [5.74, 6) is -2.81. The van der Waals surface area contributed by atoms with Gasteiger partial charge in [-0.3, -0.25) is 20.4 Å². The number of carbonyl (C=O) groups excluding carboxylic acids is 3. The van der Waals surface area contributed by atoms with Crippen molar-refractivity contribution in [2.75, 3.05) is 0 Å². The van der Waals surface area contributed by atoms with Gasteiger partial charge in [0.1, 0.15) is 6.10 Å². The largest absolute Gasteiger partial charge is 1.00 e. The Morgan fingerprint density at radius 1 is 1.19 bits per heavy atom. The maximum absolute atomic E-state index is 11.6. The van der Waals surface area contributed by atoms with Gasteiger partial charge in [-0.05, 0) is 37.1 Å². The summed E-state index contributed by atoms with van der Waals surface area (Å²) in [5, 5.41) is 19.5. The van der Waals surface area contributed by atoms with Crippen molar-refractivity contribution in [1.29, 1.82) is 0 Å². The second kappa shape index (κ2) is 10.4. The molecule has 108 valence electrons. The van der Waals surface area contributed by atoms with Crippen LogP contribution in [0, 0.1) is 0 Å². The second-order valence-corrected chi connectivity index (χ2v) is 4.79. The average molecular weight is 383 g/mol. The minimum absolute atomic E-state index is 0. The van der Waals surface area contributed by atoms with Crippen LogP contribution in [0.25, 0.3) is 0 Å². The molecule has 1 aromatic carbocycles. The van der Waals surface area contributed by atoms with Crippen LogP contribution in [0.2, 0.25) is 0 Å². The van der Waals surface area contributed by atoms with Crippen molar-refractivity contribution in [3.8, 4) is 0 Å². The van der Waals surface area contributed by atoms with Crippen LogP contribution in [-0.2, 0) is 9.59 Å². The number of carboxylic acids is 1. The molecule has 0 saturated carbocycles. The number of halogens is 1. The van der Waals surface area contributed by atoms with E-state index in [4.69, 9.17) is 0 Å². The maximum Gasteiger partial charge on any atom is 1.00 e. The van der Waals surface area contributed by atoms with Gasteiger partial charge in [-0.2, -0.15) is 0 Å². The van der Waals surface area contributed by atoms with Gasteiger partial charge in [0, 0.05) is 16.0 Å². The Kier molecular flexibility index (Phi) is 10.3. The summed E-state index contributed by atoms with van der Waals surface area (Å²) < 4.78 is 0.802. The summed E-state index contributed by atoms with van der Waals surface area (Å²) in [5.41, 5.74) is 4.43. The normalized spacial score (nSPS) is 11.0. The SMILES string of the molecule is O=C([O-])CC[C@H](O)C(=O)NNC(=O)c1ccc(Br)cc1.[K+]. The van der Waals surface area contributed by atoms with E-state index in [0.717, 1.165) is 4.47 Å². The second-order valence-electron chi connectivity index (χ2n) is 3.88. The molecule has 0 saturated heterocycles. The van der Waals surface area contributed by atoms with E-state index in [1.165, 1.54) is 12.1 Å². The summed E-state index contributed by atoms with van der Waals surface area (Å²) >= 11 is 3.22. The van der Waals surface area contributed by atoms with E-state index in [-0.39, 0.29) is 57.8 Å². The zero-order valence-electron chi connectivity index (χ0n) is 11.3. The summed E-state index contributed by atoms with van der Waals surface area (Å²) in [4.78, 5) is 33.1. The van der Waals surface area contributed by atoms with Gasteiger partial charge >= 0.3 is 51.4 Å². The molecule has 0 spiro atoms. The number of hydrogen-bond acceptors (Lipinski definition) is 5. The monoisotopic (exact) mass is 382 g/mol. The van der Waals surface area contributed by atoms with E-state index in [1.807, 2.05) is 5.43 Å². The molecule has 0 unspecified atom stereocenters. The summed E-state index contributed by atoms with van der Waals surface area (Å²) in [6.07, 6.45) is -2.27. The van der Waals surface area contributed by atoms with Crippen molar-refractivity contribution in [2.24, 2.45) is 0 Å². The van der Waals surface area contributed by atoms with Gasteiger partial charge in [0.2, 0.25) is 0 Å². The molecule has 0 fully saturated rings. The minimum Gasteiger partial charge on any atom is -0.550 e. The maximum atomic E-state index is 11.6. The van der Waals surface area contributed by atoms with Crippen LogP contribution in [0.4, 0.5) is 0 Å². The zero-order chi connectivity index (χ0) is 15.1. The molecular weight excluding hydrogens is 371 g/mol. The Balaban J connectivity index is 0.00000400. The first-order valence-corrected chi connectivity index (χ1v) is 6.43. The van der Waals surface area contributed by atoms with E-state index >= 15 is 0 Å². The summed E-state index contributed by atoms with van der Waals surface area (Å²) in [7, 11) is 0. The fourth-order valence-electron chi connectivity index (χ4n) is 1.26. The number of hydrazine groups is 1. The smallest absolute Gasteiger partial charge is 0.550 e. The minimum atomic E-state index is -1.53. The molecular formula is C12H12BrKN2O5. The molecule has 0 aliphatic heterocycles. The first-order chi connectivity index (χ1) is 9.40. The van der Waals surface area contributed by atoms with Gasteiger partial charge in [0.15, 0.2) is 0 Å². The van der Waals surface area contributed by atoms with Gasteiger partial charge in [0.05, 0.1) is 0 Å². The number of hydrogen-bond donors (Lipinski definition) is 3. The van der Waals surface area contributed by atoms with Gasteiger partial charge in [0.25, 0.3) is 11.8 Å². The number of carbonyl (C=O) groups is 3. The van der Waals surface area contributed by atoms with Crippen molar-refractivity contribution in [2.45, 2.75) is 18.9 Å². The Bertz CT molecular complexity index is 509. The molecule has 0 aliphatic carbocycles. The van der Waals surface area contributed by atoms with Crippen molar-refractivity contribution < 1.29 is 76.0 Å². The molecule has 21 heavy (non-hydrogen) atoms. The molecule has 9 heteroatoms. The van der Waals surface area contributed by atoms with E-state index in [2.05, 4.69) is 21.4 Å². The number of aliphatic carboxylic acids is 1. The molecule has 0 aliphatic rings. The molecule has 1 atom stereocenters. The molecule has 1 rings (SSSR count). The molecule has 7 nitrogen and oxygen atoms in total. The standard InChI is InChI=1S/C12H13BrN2O5.K/c13-8-3-1-7(2-4-8)11(19)14-15-12(20)9(16)5-6-10(17)18;/h1-4,9,16H,5-6H2,(H,14,19)(H,15,20)(H,17,18);/q;+1/p-1/t9-;/m0./s1. The molecule has 0 aromatic heterocycles. The summed E-state index contributed by atoms with van der Waals surface area (Å²) in [6.45, 7) is 0. The first-order valence-electron chi connectivity index (χ1n) is 5.64. The van der Waals surface area contributed by atoms with Crippen molar-refractivity contribution in [3.63, 3.8) is 0 Å². The molecule has 0 bridgehead atoms. The Labute approximate surface area is 172 Å². The molecule has 0 heterocycles. The Hall–Kier alpha value is -0.294. The third kappa shape index (κ3) is 8.05. The third-order valence-corrected chi connectivity index (χ3v) is 2.86. The number of rotatable bonds is 5. The molecule has 1 aromatic rings. The number of carboxylic acid groups (broad SMARTS) is 1. The Morgan fingerprint density at radius 3 is 2.29 bits per heavy atom. The molecule has 0 radical (unpaired) electrons. The molecule has 3 N–H and O–H groups in total. The van der Waals surface area contributed by atoms with E-state index in [1.54, 1.807) is 12.1 Å². The van der Waals surface area contributed by atoms with Crippen LogP contribution in [0.3, 0.4) is 0 Å².